The van der Waals surface area contributed by atoms with E-state index in [0.717, 1.165) is 19.3 Å². The zero-order chi connectivity index (χ0) is 14.2. The number of carbonyl (C=O) groups excluding carboxylic acids is 1. The highest BCUT2D eigenvalue weighted by Gasteiger charge is 2.28. The normalized spacial score (nSPS) is 22.9. The molecule has 0 aliphatic heterocycles. The second-order valence-corrected chi connectivity index (χ2v) is 5.85. The van der Waals surface area contributed by atoms with E-state index in [1.165, 1.54) is 24.8 Å². The summed E-state index contributed by atoms with van der Waals surface area (Å²) < 4.78 is 6.00. The minimum atomic E-state index is 0.246. The Morgan fingerprint density at radius 1 is 1.20 bits per heavy atom. The molecule has 0 radical (unpaired) electrons. The van der Waals surface area contributed by atoms with E-state index in [2.05, 4.69) is 19.1 Å². The first-order chi connectivity index (χ1) is 9.79. The molecule has 2 rings (SSSR count). The van der Waals surface area contributed by atoms with Crippen LogP contribution in [0.2, 0.25) is 0 Å². The fourth-order valence-corrected chi connectivity index (χ4v) is 2.93. The Labute approximate surface area is 122 Å². The molecule has 2 heteroatoms. The number of ether oxygens (including phenoxy) is 1. The number of hydrogen-bond donors (Lipinski definition) is 0. The summed E-state index contributed by atoms with van der Waals surface area (Å²) in [4.78, 5) is 12.0. The Morgan fingerprint density at radius 2 is 2.00 bits per heavy atom. The van der Waals surface area contributed by atoms with Crippen molar-refractivity contribution in [3.8, 4) is 0 Å². The second kappa shape index (κ2) is 8.21. The summed E-state index contributed by atoms with van der Waals surface area (Å²) in [5.74, 6) is 0.705. The van der Waals surface area contributed by atoms with E-state index in [1.807, 2.05) is 18.2 Å². The molecule has 2 nitrogen and oxygen atoms in total. The van der Waals surface area contributed by atoms with Gasteiger partial charge in [0.15, 0.2) is 0 Å². The van der Waals surface area contributed by atoms with Crippen LogP contribution in [0, 0.1) is 5.92 Å². The molecule has 110 valence electrons. The van der Waals surface area contributed by atoms with E-state index in [-0.39, 0.29) is 12.0 Å². The zero-order valence-electron chi connectivity index (χ0n) is 12.5. The van der Waals surface area contributed by atoms with Crippen LogP contribution < -0.4 is 0 Å². The van der Waals surface area contributed by atoms with Crippen LogP contribution in [0.1, 0.15) is 57.4 Å². The molecule has 1 fully saturated rings. The van der Waals surface area contributed by atoms with Gasteiger partial charge in [0.25, 0.3) is 0 Å². The summed E-state index contributed by atoms with van der Waals surface area (Å²) in [6.45, 7) is 2.87. The summed E-state index contributed by atoms with van der Waals surface area (Å²) >= 11 is 0. The Kier molecular flexibility index (Phi) is 6.25. The van der Waals surface area contributed by atoms with E-state index >= 15 is 0 Å². The van der Waals surface area contributed by atoms with Gasteiger partial charge in [0, 0.05) is 12.3 Å². The van der Waals surface area contributed by atoms with Gasteiger partial charge in [-0.25, -0.2) is 0 Å². The predicted octanol–water partition coefficient (Wildman–Crippen LogP) is 4.52. The molecule has 0 bridgehead atoms. The Bertz CT molecular complexity index is 399. The number of Topliss-reactive ketones (excluding diaryl/α,β-unsaturated/α-hetero) is 1. The average molecular weight is 274 g/mol. The number of hydrogen-bond acceptors (Lipinski definition) is 2. The van der Waals surface area contributed by atoms with E-state index in [9.17, 15) is 4.79 Å². The number of carbonyl (C=O) groups is 1. The molecular weight excluding hydrogens is 248 g/mol. The Hall–Kier alpha value is -1.15. The maximum absolute atomic E-state index is 12.0. The average Bonchev–Trinajstić information content (AvgIpc) is 2.49. The largest absolute Gasteiger partial charge is 0.374 e. The van der Waals surface area contributed by atoms with Gasteiger partial charge < -0.3 is 4.74 Å². The topological polar surface area (TPSA) is 26.3 Å². The van der Waals surface area contributed by atoms with Crippen molar-refractivity contribution < 1.29 is 9.53 Å². The van der Waals surface area contributed by atoms with Gasteiger partial charge in [0.1, 0.15) is 5.78 Å². The molecule has 1 aromatic rings. The predicted molar refractivity (Wildman–Crippen MR) is 81.5 cm³/mol. The Morgan fingerprint density at radius 3 is 2.75 bits per heavy atom. The van der Waals surface area contributed by atoms with Crippen LogP contribution in [0.4, 0.5) is 0 Å². The molecule has 0 aromatic heterocycles. The highest BCUT2D eigenvalue weighted by atomic mass is 16.5. The van der Waals surface area contributed by atoms with E-state index < -0.39 is 0 Å². The highest BCUT2D eigenvalue weighted by Crippen LogP contribution is 2.28. The van der Waals surface area contributed by atoms with Crippen molar-refractivity contribution in [2.75, 3.05) is 0 Å². The van der Waals surface area contributed by atoms with Crippen molar-refractivity contribution >= 4 is 5.78 Å². The number of ketones is 1. The fourth-order valence-electron chi connectivity index (χ4n) is 2.93. The van der Waals surface area contributed by atoms with Gasteiger partial charge in [-0.3, -0.25) is 4.79 Å². The summed E-state index contributed by atoms with van der Waals surface area (Å²) in [5, 5.41) is 0. The maximum atomic E-state index is 12.0. The molecule has 0 spiro atoms. The first-order valence-electron chi connectivity index (χ1n) is 7.98. The lowest BCUT2D eigenvalue weighted by molar-refractivity contribution is -0.129. The fraction of sp³-hybridized carbons (Fsp3) is 0.611. The molecule has 1 aromatic carbocycles. The summed E-state index contributed by atoms with van der Waals surface area (Å²) in [6, 6.07) is 10.3. The number of rotatable bonds is 7. The van der Waals surface area contributed by atoms with Crippen LogP contribution in [0.3, 0.4) is 0 Å². The van der Waals surface area contributed by atoms with Crippen molar-refractivity contribution in [2.24, 2.45) is 5.92 Å². The molecule has 20 heavy (non-hydrogen) atoms. The van der Waals surface area contributed by atoms with E-state index in [1.54, 1.807) is 0 Å². The third kappa shape index (κ3) is 4.75. The van der Waals surface area contributed by atoms with Crippen molar-refractivity contribution in [2.45, 2.75) is 64.6 Å². The van der Waals surface area contributed by atoms with Gasteiger partial charge in [0.05, 0.1) is 12.7 Å². The van der Waals surface area contributed by atoms with Gasteiger partial charge in [-0.05, 0) is 24.8 Å². The van der Waals surface area contributed by atoms with E-state index in [0.29, 0.717) is 18.8 Å². The number of unbranched alkanes of at least 4 members (excludes halogenated alkanes) is 2. The minimum absolute atomic E-state index is 0.246. The highest BCUT2D eigenvalue weighted by molar-refractivity contribution is 5.81. The van der Waals surface area contributed by atoms with Gasteiger partial charge in [-0.1, -0.05) is 56.5 Å². The SMILES string of the molecule is CCCCCC1CC(OCc2ccccc2)CCC1=O. The van der Waals surface area contributed by atoms with Gasteiger partial charge in [-0.2, -0.15) is 0 Å². The molecular formula is C18H26O2. The van der Waals surface area contributed by atoms with Gasteiger partial charge in [-0.15, -0.1) is 0 Å². The zero-order valence-corrected chi connectivity index (χ0v) is 12.5. The summed E-state index contributed by atoms with van der Waals surface area (Å²) in [7, 11) is 0. The lowest BCUT2D eigenvalue weighted by Gasteiger charge is -2.28. The van der Waals surface area contributed by atoms with Gasteiger partial charge in [0.2, 0.25) is 0 Å². The molecule has 2 atom stereocenters. The quantitative estimate of drug-likeness (QED) is 0.683. The first-order valence-corrected chi connectivity index (χ1v) is 7.98. The monoisotopic (exact) mass is 274 g/mol. The van der Waals surface area contributed by atoms with Crippen molar-refractivity contribution in [3.05, 3.63) is 35.9 Å². The van der Waals surface area contributed by atoms with E-state index in [4.69, 9.17) is 4.74 Å². The van der Waals surface area contributed by atoms with Crippen LogP contribution in [0.5, 0.6) is 0 Å². The molecule has 0 amide bonds. The van der Waals surface area contributed by atoms with Crippen LogP contribution in [-0.2, 0) is 16.1 Å². The number of benzene rings is 1. The van der Waals surface area contributed by atoms with Crippen LogP contribution >= 0.6 is 0 Å². The lowest BCUT2D eigenvalue weighted by atomic mass is 9.83. The molecule has 0 saturated heterocycles. The second-order valence-electron chi connectivity index (χ2n) is 5.85. The minimum Gasteiger partial charge on any atom is -0.374 e. The van der Waals surface area contributed by atoms with Crippen LogP contribution in [0.15, 0.2) is 30.3 Å². The summed E-state index contributed by atoms with van der Waals surface area (Å²) in [5.41, 5.74) is 1.21. The molecule has 1 aliphatic carbocycles. The molecule has 2 unspecified atom stereocenters. The Balaban J connectivity index is 1.76. The van der Waals surface area contributed by atoms with Crippen molar-refractivity contribution in [1.29, 1.82) is 0 Å². The summed E-state index contributed by atoms with van der Waals surface area (Å²) in [6.07, 6.45) is 7.48. The lowest BCUT2D eigenvalue weighted by Crippen LogP contribution is -2.29. The van der Waals surface area contributed by atoms with Crippen molar-refractivity contribution in [3.63, 3.8) is 0 Å². The first kappa shape index (κ1) is 15.2. The maximum Gasteiger partial charge on any atom is 0.136 e. The molecule has 0 heterocycles. The third-order valence-electron chi connectivity index (χ3n) is 4.20. The van der Waals surface area contributed by atoms with Crippen LogP contribution in [-0.4, -0.2) is 11.9 Å². The van der Waals surface area contributed by atoms with Crippen molar-refractivity contribution in [1.82, 2.24) is 0 Å². The molecule has 1 saturated carbocycles. The van der Waals surface area contributed by atoms with Crippen LogP contribution in [0.25, 0.3) is 0 Å². The third-order valence-corrected chi connectivity index (χ3v) is 4.20. The van der Waals surface area contributed by atoms with Gasteiger partial charge >= 0.3 is 0 Å². The molecule has 1 aliphatic rings. The molecule has 0 N–H and O–H groups in total. The standard InChI is InChI=1S/C18H26O2/c1-2-3-5-10-16-13-17(11-12-18(16)19)20-14-15-8-6-4-7-9-15/h4,6-9,16-17H,2-3,5,10-14H2,1H3. The smallest absolute Gasteiger partial charge is 0.136 e.